The number of halogens is 2. The first-order valence-corrected chi connectivity index (χ1v) is 12.2. The lowest BCUT2D eigenvalue weighted by Crippen LogP contribution is -2.50. The van der Waals surface area contributed by atoms with E-state index in [9.17, 15) is 13.2 Å². The van der Waals surface area contributed by atoms with E-state index in [1.807, 2.05) is 4.90 Å². The summed E-state index contributed by atoms with van der Waals surface area (Å²) in [5.74, 6) is 0.526. The summed E-state index contributed by atoms with van der Waals surface area (Å²) in [6.45, 7) is 0.0615. The predicted octanol–water partition coefficient (Wildman–Crippen LogP) is 3.76. The van der Waals surface area contributed by atoms with Gasteiger partial charge in [-0.05, 0) is 31.4 Å². The summed E-state index contributed by atoms with van der Waals surface area (Å²) in [7, 11) is -1.57. The maximum Gasteiger partial charge on any atom is 0.242 e. The second kappa shape index (κ2) is 9.09. The third-order valence-corrected chi connectivity index (χ3v) is 7.82. The van der Waals surface area contributed by atoms with Gasteiger partial charge < -0.3 is 15.0 Å². The highest BCUT2D eigenvalue weighted by Gasteiger charge is 2.38. The van der Waals surface area contributed by atoms with Gasteiger partial charge in [0.2, 0.25) is 5.91 Å². The van der Waals surface area contributed by atoms with E-state index in [2.05, 4.69) is 5.32 Å². The Labute approximate surface area is 176 Å². The van der Waals surface area contributed by atoms with E-state index in [-0.39, 0.29) is 36.0 Å². The quantitative estimate of drug-likeness (QED) is 0.716. The highest BCUT2D eigenvalue weighted by Crippen LogP contribution is 2.35. The van der Waals surface area contributed by atoms with Gasteiger partial charge in [-0.2, -0.15) is 0 Å². The lowest BCUT2D eigenvalue weighted by atomic mass is 9.93. The molecule has 3 rings (SSSR count). The maximum atomic E-state index is 13.1. The number of rotatable bonds is 6. The standard InChI is InChI=1S/C19H26Cl2N2O4S/c1-27-19-16(20)9-13(10-17(19)21)22-11-18(24)23(14-5-3-2-4-6-14)15-7-8-28(25,26)12-15/h9-10,14-15,22H,2-8,11-12H2,1H3. The van der Waals surface area contributed by atoms with Gasteiger partial charge in [-0.15, -0.1) is 0 Å². The monoisotopic (exact) mass is 448 g/mol. The number of carbonyl (C=O) groups is 1. The summed E-state index contributed by atoms with van der Waals surface area (Å²) in [5.41, 5.74) is 0.617. The Morgan fingerprint density at radius 3 is 2.32 bits per heavy atom. The summed E-state index contributed by atoms with van der Waals surface area (Å²) < 4.78 is 29.1. The van der Waals surface area contributed by atoms with Gasteiger partial charge in [-0.1, -0.05) is 42.5 Å². The van der Waals surface area contributed by atoms with Crippen molar-refractivity contribution in [1.29, 1.82) is 0 Å². The lowest BCUT2D eigenvalue weighted by Gasteiger charge is -2.38. The number of methoxy groups -OCH3 is 1. The van der Waals surface area contributed by atoms with Crippen molar-refractivity contribution in [3.05, 3.63) is 22.2 Å². The number of benzene rings is 1. The van der Waals surface area contributed by atoms with Crippen molar-refractivity contribution in [2.45, 2.75) is 50.6 Å². The van der Waals surface area contributed by atoms with Crippen LogP contribution in [0.3, 0.4) is 0 Å². The van der Waals surface area contributed by atoms with Crippen LogP contribution in [0.1, 0.15) is 38.5 Å². The zero-order valence-corrected chi connectivity index (χ0v) is 18.2. The van der Waals surface area contributed by atoms with Gasteiger partial charge in [0.25, 0.3) is 0 Å². The van der Waals surface area contributed by atoms with Gasteiger partial charge >= 0.3 is 0 Å². The molecule has 0 bridgehead atoms. The average molecular weight is 449 g/mol. The maximum absolute atomic E-state index is 13.1. The molecule has 0 radical (unpaired) electrons. The fraction of sp³-hybridized carbons (Fsp3) is 0.632. The van der Waals surface area contributed by atoms with Crippen LogP contribution in [0.15, 0.2) is 12.1 Å². The highest BCUT2D eigenvalue weighted by atomic mass is 35.5. The molecule has 6 nitrogen and oxygen atoms in total. The Morgan fingerprint density at radius 2 is 1.79 bits per heavy atom. The first-order chi connectivity index (χ1) is 13.3. The van der Waals surface area contributed by atoms with Gasteiger partial charge in [0.15, 0.2) is 15.6 Å². The molecule has 28 heavy (non-hydrogen) atoms. The summed E-state index contributed by atoms with van der Waals surface area (Å²) in [6.07, 6.45) is 5.70. The number of hydrogen-bond acceptors (Lipinski definition) is 5. The van der Waals surface area contributed by atoms with E-state index in [1.54, 1.807) is 12.1 Å². The van der Waals surface area contributed by atoms with Crippen LogP contribution >= 0.6 is 23.2 Å². The number of sulfone groups is 1. The summed E-state index contributed by atoms with van der Waals surface area (Å²) in [4.78, 5) is 14.9. The van der Waals surface area contributed by atoms with E-state index in [0.29, 0.717) is 27.9 Å². The largest absolute Gasteiger partial charge is 0.494 e. The summed E-state index contributed by atoms with van der Waals surface area (Å²) in [6, 6.07) is 3.20. The van der Waals surface area contributed by atoms with Crippen LogP contribution < -0.4 is 10.1 Å². The number of carbonyl (C=O) groups excluding carboxylic acids is 1. The van der Waals surface area contributed by atoms with Crippen LogP contribution in [0.2, 0.25) is 10.0 Å². The Morgan fingerprint density at radius 1 is 1.14 bits per heavy atom. The van der Waals surface area contributed by atoms with E-state index in [1.165, 1.54) is 13.5 Å². The molecule has 1 heterocycles. The minimum absolute atomic E-state index is 0.0615. The fourth-order valence-electron chi connectivity index (χ4n) is 4.19. The Hall–Kier alpha value is -1.18. The van der Waals surface area contributed by atoms with Gasteiger partial charge in [0, 0.05) is 17.8 Å². The van der Waals surface area contributed by atoms with Crippen LogP contribution in [0, 0.1) is 0 Å². The van der Waals surface area contributed by atoms with Crippen molar-refractivity contribution in [2.24, 2.45) is 0 Å². The molecule has 2 fully saturated rings. The van der Waals surface area contributed by atoms with Crippen LogP contribution in [-0.4, -0.2) is 56.5 Å². The van der Waals surface area contributed by atoms with E-state index in [0.717, 1.165) is 25.7 Å². The zero-order valence-electron chi connectivity index (χ0n) is 15.9. The van der Waals surface area contributed by atoms with Crippen molar-refractivity contribution >= 4 is 44.6 Å². The predicted molar refractivity (Wildman–Crippen MR) is 112 cm³/mol. The summed E-state index contributed by atoms with van der Waals surface area (Å²) in [5, 5.41) is 3.79. The third kappa shape index (κ3) is 5.05. The molecule has 0 spiro atoms. The molecule has 1 aliphatic heterocycles. The molecular weight excluding hydrogens is 423 g/mol. The lowest BCUT2D eigenvalue weighted by molar-refractivity contribution is -0.134. The molecule has 1 atom stereocenters. The smallest absolute Gasteiger partial charge is 0.242 e. The van der Waals surface area contributed by atoms with Crippen LogP contribution in [0.5, 0.6) is 5.75 Å². The number of hydrogen-bond donors (Lipinski definition) is 1. The van der Waals surface area contributed by atoms with Crippen molar-refractivity contribution in [3.8, 4) is 5.75 Å². The molecule has 1 aliphatic carbocycles. The molecule has 0 aromatic heterocycles. The Balaban J connectivity index is 1.72. The Kier molecular flexibility index (Phi) is 6.99. The summed E-state index contributed by atoms with van der Waals surface area (Å²) >= 11 is 12.3. The van der Waals surface area contributed by atoms with Gasteiger partial charge in [-0.3, -0.25) is 4.79 Å². The molecule has 2 aliphatic rings. The Bertz CT molecular complexity index is 802. The minimum Gasteiger partial charge on any atom is -0.494 e. The fourth-order valence-corrected chi connectivity index (χ4v) is 6.54. The zero-order chi connectivity index (χ0) is 20.3. The minimum atomic E-state index is -3.06. The molecule has 1 aromatic rings. The number of ether oxygens (including phenoxy) is 1. The number of amides is 1. The number of anilines is 1. The number of nitrogens with one attached hydrogen (secondary N) is 1. The molecule has 1 amide bonds. The molecule has 1 saturated heterocycles. The molecular formula is C19H26Cl2N2O4S. The molecule has 1 N–H and O–H groups in total. The van der Waals surface area contributed by atoms with Crippen molar-refractivity contribution in [1.82, 2.24) is 4.90 Å². The SMILES string of the molecule is COc1c(Cl)cc(NCC(=O)N(C2CCCCC2)C2CCS(=O)(=O)C2)cc1Cl. The van der Waals surface area contributed by atoms with Crippen molar-refractivity contribution in [2.75, 3.05) is 30.5 Å². The van der Waals surface area contributed by atoms with Gasteiger partial charge in [0.1, 0.15) is 0 Å². The van der Waals surface area contributed by atoms with Crippen molar-refractivity contribution < 1.29 is 17.9 Å². The van der Waals surface area contributed by atoms with Gasteiger partial charge in [-0.25, -0.2) is 8.42 Å². The topological polar surface area (TPSA) is 75.7 Å². The molecule has 1 unspecified atom stereocenters. The normalized spacial score (nSPS) is 22.0. The van der Waals surface area contributed by atoms with Crippen LogP contribution in [0.4, 0.5) is 5.69 Å². The van der Waals surface area contributed by atoms with Crippen LogP contribution in [0.25, 0.3) is 0 Å². The average Bonchev–Trinajstić information content (AvgIpc) is 3.00. The second-order valence-corrected chi connectivity index (χ2v) is 10.5. The molecule has 156 valence electrons. The molecule has 9 heteroatoms. The van der Waals surface area contributed by atoms with E-state index >= 15 is 0 Å². The first-order valence-electron chi connectivity index (χ1n) is 9.59. The third-order valence-electron chi connectivity index (χ3n) is 5.50. The highest BCUT2D eigenvalue weighted by molar-refractivity contribution is 7.91. The van der Waals surface area contributed by atoms with Gasteiger partial charge in [0.05, 0.1) is 35.2 Å². The second-order valence-electron chi connectivity index (χ2n) is 7.48. The van der Waals surface area contributed by atoms with E-state index in [4.69, 9.17) is 27.9 Å². The first kappa shape index (κ1) is 21.5. The number of nitrogens with zero attached hydrogens (tertiary/aromatic N) is 1. The van der Waals surface area contributed by atoms with E-state index < -0.39 is 9.84 Å². The van der Waals surface area contributed by atoms with Crippen LogP contribution in [-0.2, 0) is 14.6 Å². The molecule has 1 aromatic carbocycles. The molecule has 1 saturated carbocycles. The van der Waals surface area contributed by atoms with Crippen molar-refractivity contribution in [3.63, 3.8) is 0 Å².